The van der Waals surface area contributed by atoms with Gasteiger partial charge in [0.05, 0.1) is 23.3 Å². The van der Waals surface area contributed by atoms with Crippen LogP contribution in [0.3, 0.4) is 0 Å². The van der Waals surface area contributed by atoms with Gasteiger partial charge in [0, 0.05) is 24.8 Å². The molecular formula is C14H21N3O2S. The van der Waals surface area contributed by atoms with E-state index in [4.69, 9.17) is 0 Å². The second-order valence-corrected chi connectivity index (χ2v) is 6.44. The summed E-state index contributed by atoms with van der Waals surface area (Å²) in [4.78, 5) is 29.6. The summed E-state index contributed by atoms with van der Waals surface area (Å²) in [7, 11) is 1.73. The molecule has 0 radical (unpaired) electrons. The van der Waals surface area contributed by atoms with Gasteiger partial charge >= 0.3 is 6.03 Å². The van der Waals surface area contributed by atoms with Gasteiger partial charge in [0.25, 0.3) is 0 Å². The van der Waals surface area contributed by atoms with Gasteiger partial charge in [0.2, 0.25) is 0 Å². The fourth-order valence-electron chi connectivity index (χ4n) is 2.20. The normalized spacial score (nSPS) is 18.6. The molecule has 1 aromatic rings. The lowest BCUT2D eigenvalue weighted by molar-refractivity contribution is -0.118. The third-order valence-corrected chi connectivity index (χ3v) is 4.61. The molecule has 1 fully saturated rings. The Morgan fingerprint density at radius 2 is 2.35 bits per heavy atom. The highest BCUT2D eigenvalue weighted by molar-refractivity contribution is 7.09. The van der Waals surface area contributed by atoms with E-state index >= 15 is 0 Å². The standard InChI is InChI=1S/C14H21N3O2S/c1-9(2)13-15-10(8-20-13)7-17(3)14(19)16-11-5-4-6-12(11)18/h8-9,11H,4-7H2,1-3H3,(H,16,19)/t11-/m0/s1. The molecular weight excluding hydrogens is 274 g/mol. The fourth-order valence-corrected chi connectivity index (χ4v) is 3.03. The maximum Gasteiger partial charge on any atom is 0.318 e. The Hall–Kier alpha value is -1.43. The van der Waals surface area contributed by atoms with Gasteiger partial charge in [-0.15, -0.1) is 11.3 Å². The van der Waals surface area contributed by atoms with Crippen molar-refractivity contribution in [2.45, 2.75) is 51.6 Å². The van der Waals surface area contributed by atoms with Crippen LogP contribution in [-0.2, 0) is 11.3 Å². The molecule has 0 bridgehead atoms. The molecule has 5 nitrogen and oxygen atoms in total. The number of aromatic nitrogens is 1. The van der Waals surface area contributed by atoms with E-state index in [1.165, 1.54) is 0 Å². The highest BCUT2D eigenvalue weighted by Crippen LogP contribution is 2.20. The van der Waals surface area contributed by atoms with Crippen LogP contribution in [0.2, 0.25) is 0 Å². The Morgan fingerprint density at radius 1 is 1.60 bits per heavy atom. The monoisotopic (exact) mass is 295 g/mol. The molecule has 1 aliphatic carbocycles. The molecule has 0 spiro atoms. The Morgan fingerprint density at radius 3 is 2.90 bits per heavy atom. The lowest BCUT2D eigenvalue weighted by atomic mass is 10.2. The number of hydrogen-bond donors (Lipinski definition) is 1. The van der Waals surface area contributed by atoms with Crippen LogP contribution in [0.25, 0.3) is 0 Å². The van der Waals surface area contributed by atoms with E-state index in [9.17, 15) is 9.59 Å². The first-order valence-corrected chi connectivity index (χ1v) is 7.84. The summed E-state index contributed by atoms with van der Waals surface area (Å²) in [5.74, 6) is 0.548. The predicted octanol–water partition coefficient (Wildman–Crippen LogP) is 2.53. The van der Waals surface area contributed by atoms with Gasteiger partial charge in [-0.3, -0.25) is 4.79 Å². The average Bonchev–Trinajstić information content (AvgIpc) is 2.99. The number of hydrogen-bond acceptors (Lipinski definition) is 4. The summed E-state index contributed by atoms with van der Waals surface area (Å²) in [6.45, 7) is 4.67. The Balaban J connectivity index is 1.88. The van der Waals surface area contributed by atoms with Gasteiger partial charge in [-0.1, -0.05) is 13.8 Å². The Bertz CT molecular complexity index is 498. The number of Topliss-reactive ketones (excluding diaryl/α,β-unsaturated/α-hetero) is 1. The number of rotatable bonds is 4. The van der Waals surface area contributed by atoms with Crippen molar-refractivity contribution in [3.8, 4) is 0 Å². The zero-order valence-electron chi connectivity index (χ0n) is 12.2. The molecule has 1 heterocycles. The van der Waals surface area contributed by atoms with Crippen LogP contribution in [0.15, 0.2) is 5.38 Å². The van der Waals surface area contributed by atoms with Gasteiger partial charge in [0.1, 0.15) is 0 Å². The molecule has 6 heteroatoms. The maximum atomic E-state index is 12.0. The summed E-state index contributed by atoms with van der Waals surface area (Å²) in [5, 5.41) is 5.86. The first kappa shape index (κ1) is 15.0. The summed E-state index contributed by atoms with van der Waals surface area (Å²) in [5.41, 5.74) is 0.897. The second-order valence-electron chi connectivity index (χ2n) is 5.55. The molecule has 20 heavy (non-hydrogen) atoms. The third-order valence-electron chi connectivity index (χ3n) is 3.41. The number of nitrogens with zero attached hydrogens (tertiary/aromatic N) is 2. The van der Waals surface area contributed by atoms with E-state index in [-0.39, 0.29) is 17.9 Å². The lowest BCUT2D eigenvalue weighted by Crippen LogP contribution is -2.44. The van der Waals surface area contributed by atoms with Crippen molar-refractivity contribution < 1.29 is 9.59 Å². The zero-order valence-corrected chi connectivity index (χ0v) is 13.0. The average molecular weight is 295 g/mol. The van der Waals surface area contributed by atoms with Crippen LogP contribution >= 0.6 is 11.3 Å². The topological polar surface area (TPSA) is 62.3 Å². The van der Waals surface area contributed by atoms with Crippen molar-refractivity contribution in [1.82, 2.24) is 15.2 Å². The largest absolute Gasteiger partial charge is 0.328 e. The first-order valence-electron chi connectivity index (χ1n) is 6.96. The van der Waals surface area contributed by atoms with Gasteiger partial charge in [-0.2, -0.15) is 0 Å². The van der Waals surface area contributed by atoms with E-state index in [1.807, 2.05) is 5.38 Å². The van der Waals surface area contributed by atoms with Crippen LogP contribution in [-0.4, -0.2) is 34.8 Å². The molecule has 2 rings (SSSR count). The minimum Gasteiger partial charge on any atom is -0.328 e. The predicted molar refractivity (Wildman–Crippen MR) is 78.8 cm³/mol. The van der Waals surface area contributed by atoms with E-state index < -0.39 is 0 Å². The highest BCUT2D eigenvalue weighted by atomic mass is 32.1. The van der Waals surface area contributed by atoms with E-state index in [0.717, 1.165) is 23.5 Å². The molecule has 1 aliphatic rings. The van der Waals surface area contributed by atoms with Crippen molar-refractivity contribution in [2.75, 3.05) is 7.05 Å². The summed E-state index contributed by atoms with van der Waals surface area (Å²) < 4.78 is 0. The van der Waals surface area contributed by atoms with Gasteiger partial charge in [0.15, 0.2) is 5.78 Å². The fraction of sp³-hybridized carbons (Fsp3) is 0.643. The summed E-state index contributed by atoms with van der Waals surface area (Å²) >= 11 is 1.62. The minimum absolute atomic E-state index is 0.141. The number of carbonyl (C=O) groups is 2. The molecule has 1 N–H and O–H groups in total. The van der Waals surface area contributed by atoms with Crippen LogP contribution in [0, 0.1) is 0 Å². The van der Waals surface area contributed by atoms with E-state index in [2.05, 4.69) is 24.1 Å². The van der Waals surface area contributed by atoms with Crippen molar-refractivity contribution in [2.24, 2.45) is 0 Å². The first-order chi connectivity index (χ1) is 9.47. The van der Waals surface area contributed by atoms with Crippen LogP contribution in [0.4, 0.5) is 4.79 Å². The number of ketones is 1. The highest BCUT2D eigenvalue weighted by Gasteiger charge is 2.26. The SMILES string of the molecule is CC(C)c1nc(CN(C)C(=O)N[C@H]2CCCC2=O)cs1. The molecule has 0 aromatic carbocycles. The molecule has 1 aromatic heterocycles. The lowest BCUT2D eigenvalue weighted by Gasteiger charge is -2.19. The number of urea groups is 1. The number of nitrogens with one attached hydrogen (secondary N) is 1. The van der Waals surface area contributed by atoms with Crippen molar-refractivity contribution in [1.29, 1.82) is 0 Å². The molecule has 1 saturated carbocycles. The van der Waals surface area contributed by atoms with Crippen molar-refractivity contribution in [3.63, 3.8) is 0 Å². The molecule has 0 aliphatic heterocycles. The maximum absolute atomic E-state index is 12.0. The summed E-state index contributed by atoms with van der Waals surface area (Å²) in [6.07, 6.45) is 2.21. The quantitative estimate of drug-likeness (QED) is 0.928. The van der Waals surface area contributed by atoms with Gasteiger partial charge in [-0.05, 0) is 12.8 Å². The second kappa shape index (κ2) is 6.35. The van der Waals surface area contributed by atoms with Crippen LogP contribution in [0.5, 0.6) is 0 Å². The summed E-state index contributed by atoms with van der Waals surface area (Å²) in [6, 6.07) is -0.504. The molecule has 1 atom stereocenters. The molecule has 2 amide bonds. The van der Waals surface area contributed by atoms with E-state index in [1.54, 1.807) is 23.3 Å². The van der Waals surface area contributed by atoms with Gasteiger partial charge in [-0.25, -0.2) is 9.78 Å². The molecule has 0 unspecified atom stereocenters. The zero-order chi connectivity index (χ0) is 14.7. The van der Waals surface area contributed by atoms with Crippen LogP contribution in [0.1, 0.15) is 49.7 Å². The van der Waals surface area contributed by atoms with Crippen molar-refractivity contribution in [3.05, 3.63) is 16.1 Å². The Labute approximate surface area is 123 Å². The molecule has 110 valence electrons. The van der Waals surface area contributed by atoms with Gasteiger partial charge < -0.3 is 10.2 Å². The number of thiazole rings is 1. The number of amides is 2. The molecule has 0 saturated heterocycles. The number of carbonyl (C=O) groups excluding carboxylic acids is 2. The van der Waals surface area contributed by atoms with Crippen molar-refractivity contribution >= 4 is 23.2 Å². The smallest absolute Gasteiger partial charge is 0.318 e. The Kier molecular flexibility index (Phi) is 4.75. The minimum atomic E-state index is -0.299. The van der Waals surface area contributed by atoms with Crippen LogP contribution < -0.4 is 5.32 Å². The van der Waals surface area contributed by atoms with E-state index in [0.29, 0.717) is 18.9 Å². The third kappa shape index (κ3) is 3.56.